The molecular formula is C11H26N2. The normalized spacial score (nSPS) is 25.6. The van der Waals surface area contributed by atoms with Gasteiger partial charge in [-0.1, -0.05) is 13.8 Å². The van der Waals surface area contributed by atoms with E-state index in [4.69, 9.17) is 0 Å². The van der Waals surface area contributed by atoms with Gasteiger partial charge in [-0.15, -0.1) is 0 Å². The molecule has 1 heterocycles. The Balaban J connectivity index is 0.000000671. The fraction of sp³-hybridized carbons (Fsp3) is 1.00. The molecule has 1 rings (SSSR count). The molecule has 0 unspecified atom stereocenters. The number of hydrogen-bond donors (Lipinski definition) is 0. The molecule has 1 aliphatic heterocycles. The molecule has 2 nitrogen and oxygen atoms in total. The quantitative estimate of drug-likeness (QED) is 0.618. The van der Waals surface area contributed by atoms with Crippen molar-refractivity contribution in [3.05, 3.63) is 0 Å². The van der Waals surface area contributed by atoms with Gasteiger partial charge in [0.05, 0.1) is 0 Å². The Labute approximate surface area is 83.9 Å². The van der Waals surface area contributed by atoms with Crippen LogP contribution in [0.5, 0.6) is 0 Å². The van der Waals surface area contributed by atoms with Crippen molar-refractivity contribution in [1.29, 1.82) is 0 Å². The SMILES string of the molecule is CC.CC(C)N1CCN(C)C[C@@H]1C. The Hall–Kier alpha value is -0.0800. The Bertz CT molecular complexity index is 123. The molecule has 0 N–H and O–H groups in total. The van der Waals surface area contributed by atoms with Gasteiger partial charge in [0, 0.05) is 31.7 Å². The minimum Gasteiger partial charge on any atom is -0.304 e. The average molecular weight is 186 g/mol. The Morgan fingerprint density at radius 3 is 2.08 bits per heavy atom. The van der Waals surface area contributed by atoms with Crippen LogP contribution >= 0.6 is 0 Å². The van der Waals surface area contributed by atoms with E-state index in [1.54, 1.807) is 0 Å². The van der Waals surface area contributed by atoms with E-state index in [9.17, 15) is 0 Å². The van der Waals surface area contributed by atoms with Gasteiger partial charge in [0.1, 0.15) is 0 Å². The summed E-state index contributed by atoms with van der Waals surface area (Å²) < 4.78 is 0. The van der Waals surface area contributed by atoms with E-state index in [1.165, 1.54) is 19.6 Å². The summed E-state index contributed by atoms with van der Waals surface area (Å²) in [6, 6.07) is 1.44. The lowest BCUT2D eigenvalue weighted by Gasteiger charge is -2.40. The van der Waals surface area contributed by atoms with E-state index in [0.29, 0.717) is 6.04 Å². The molecule has 13 heavy (non-hydrogen) atoms. The summed E-state index contributed by atoms with van der Waals surface area (Å²) in [5.74, 6) is 0. The lowest BCUT2D eigenvalue weighted by molar-refractivity contribution is 0.0741. The Morgan fingerprint density at radius 2 is 1.69 bits per heavy atom. The molecule has 0 saturated carbocycles. The summed E-state index contributed by atoms with van der Waals surface area (Å²) in [6.07, 6.45) is 0. The molecular weight excluding hydrogens is 160 g/mol. The lowest BCUT2D eigenvalue weighted by atomic mass is 10.1. The number of piperazine rings is 1. The van der Waals surface area contributed by atoms with Crippen molar-refractivity contribution in [2.24, 2.45) is 0 Å². The summed E-state index contributed by atoms with van der Waals surface area (Å²) in [4.78, 5) is 4.98. The highest BCUT2D eigenvalue weighted by Crippen LogP contribution is 2.10. The molecule has 80 valence electrons. The second-order valence-electron chi connectivity index (χ2n) is 3.94. The van der Waals surface area contributed by atoms with E-state index in [1.807, 2.05) is 13.8 Å². The first-order chi connectivity index (χ1) is 6.11. The highest BCUT2D eigenvalue weighted by atomic mass is 15.3. The van der Waals surface area contributed by atoms with Gasteiger partial charge in [-0.2, -0.15) is 0 Å². The van der Waals surface area contributed by atoms with Gasteiger partial charge < -0.3 is 4.90 Å². The van der Waals surface area contributed by atoms with Crippen LogP contribution in [-0.4, -0.2) is 48.6 Å². The molecule has 0 aliphatic carbocycles. The molecule has 0 aromatic carbocycles. The second kappa shape index (κ2) is 6.39. The van der Waals surface area contributed by atoms with Crippen LogP contribution in [-0.2, 0) is 0 Å². The maximum absolute atomic E-state index is 2.57. The predicted octanol–water partition coefficient (Wildman–Crippen LogP) is 2.06. The van der Waals surface area contributed by atoms with Crippen molar-refractivity contribution in [3.8, 4) is 0 Å². The fourth-order valence-electron chi connectivity index (χ4n) is 1.92. The van der Waals surface area contributed by atoms with Crippen LogP contribution in [0.2, 0.25) is 0 Å². The van der Waals surface area contributed by atoms with Gasteiger partial charge in [0.2, 0.25) is 0 Å². The maximum atomic E-state index is 2.57. The molecule has 0 radical (unpaired) electrons. The largest absolute Gasteiger partial charge is 0.304 e. The maximum Gasteiger partial charge on any atom is 0.0198 e. The zero-order chi connectivity index (χ0) is 10.4. The van der Waals surface area contributed by atoms with Crippen LogP contribution in [0.3, 0.4) is 0 Å². The highest BCUT2D eigenvalue weighted by Gasteiger charge is 2.22. The second-order valence-corrected chi connectivity index (χ2v) is 3.94. The van der Waals surface area contributed by atoms with E-state index in [2.05, 4.69) is 37.6 Å². The number of nitrogens with zero attached hydrogens (tertiary/aromatic N) is 2. The van der Waals surface area contributed by atoms with E-state index in [0.717, 1.165) is 6.04 Å². The highest BCUT2D eigenvalue weighted by molar-refractivity contribution is 4.79. The van der Waals surface area contributed by atoms with Gasteiger partial charge in [-0.25, -0.2) is 0 Å². The van der Waals surface area contributed by atoms with Crippen molar-refractivity contribution >= 4 is 0 Å². The van der Waals surface area contributed by atoms with E-state index in [-0.39, 0.29) is 0 Å². The lowest BCUT2D eigenvalue weighted by Crippen LogP contribution is -2.52. The molecule has 0 aromatic heterocycles. The number of rotatable bonds is 1. The topological polar surface area (TPSA) is 6.48 Å². The molecule has 1 aliphatic rings. The molecule has 0 amide bonds. The van der Waals surface area contributed by atoms with Gasteiger partial charge >= 0.3 is 0 Å². The summed E-state index contributed by atoms with van der Waals surface area (Å²) in [6.45, 7) is 14.6. The zero-order valence-corrected chi connectivity index (χ0v) is 10.2. The number of likely N-dealkylation sites (N-methyl/N-ethyl adjacent to an activating group) is 1. The van der Waals surface area contributed by atoms with Crippen molar-refractivity contribution in [3.63, 3.8) is 0 Å². The summed E-state index contributed by atoms with van der Waals surface area (Å²) in [5.41, 5.74) is 0. The van der Waals surface area contributed by atoms with Gasteiger partial charge in [0.25, 0.3) is 0 Å². The minimum absolute atomic E-state index is 0.707. The third kappa shape index (κ3) is 4.10. The minimum atomic E-state index is 0.707. The van der Waals surface area contributed by atoms with Crippen molar-refractivity contribution in [2.45, 2.75) is 46.7 Å². The molecule has 1 saturated heterocycles. The van der Waals surface area contributed by atoms with Gasteiger partial charge in [-0.05, 0) is 27.8 Å². The Kier molecular flexibility index (Phi) is 6.35. The Morgan fingerprint density at radius 1 is 1.15 bits per heavy atom. The van der Waals surface area contributed by atoms with Crippen LogP contribution in [0.25, 0.3) is 0 Å². The molecule has 2 heteroatoms. The summed E-state index contributed by atoms with van der Waals surface area (Å²) in [7, 11) is 2.20. The molecule has 1 atom stereocenters. The molecule has 0 bridgehead atoms. The first-order valence-corrected chi connectivity index (χ1v) is 5.55. The van der Waals surface area contributed by atoms with E-state index < -0.39 is 0 Å². The first kappa shape index (κ1) is 12.9. The molecule has 1 fully saturated rings. The van der Waals surface area contributed by atoms with Crippen molar-refractivity contribution < 1.29 is 0 Å². The zero-order valence-electron chi connectivity index (χ0n) is 10.2. The van der Waals surface area contributed by atoms with Crippen LogP contribution in [0.4, 0.5) is 0 Å². The predicted molar refractivity (Wildman–Crippen MR) is 60.1 cm³/mol. The first-order valence-electron chi connectivity index (χ1n) is 5.55. The van der Waals surface area contributed by atoms with Gasteiger partial charge in [-0.3, -0.25) is 4.90 Å². The molecule has 0 spiro atoms. The summed E-state index contributed by atoms with van der Waals surface area (Å²) >= 11 is 0. The third-order valence-corrected chi connectivity index (χ3v) is 2.55. The average Bonchev–Trinajstić information content (AvgIpc) is 2.07. The fourth-order valence-corrected chi connectivity index (χ4v) is 1.92. The molecule has 0 aromatic rings. The van der Waals surface area contributed by atoms with Crippen molar-refractivity contribution in [2.75, 3.05) is 26.7 Å². The van der Waals surface area contributed by atoms with Crippen LogP contribution in [0, 0.1) is 0 Å². The van der Waals surface area contributed by atoms with Crippen molar-refractivity contribution in [1.82, 2.24) is 9.80 Å². The third-order valence-electron chi connectivity index (χ3n) is 2.55. The van der Waals surface area contributed by atoms with Crippen LogP contribution < -0.4 is 0 Å². The van der Waals surface area contributed by atoms with Crippen LogP contribution in [0.15, 0.2) is 0 Å². The van der Waals surface area contributed by atoms with Crippen LogP contribution in [0.1, 0.15) is 34.6 Å². The monoisotopic (exact) mass is 186 g/mol. The smallest absolute Gasteiger partial charge is 0.0198 e. The number of hydrogen-bond acceptors (Lipinski definition) is 2. The summed E-state index contributed by atoms with van der Waals surface area (Å²) in [5, 5.41) is 0. The van der Waals surface area contributed by atoms with E-state index >= 15 is 0 Å². The standard InChI is InChI=1S/C9H20N2.C2H6/c1-8(2)11-6-5-10(4)7-9(11)3;1-2/h8-9H,5-7H2,1-4H3;1-2H3/t9-;/m0./s1. The van der Waals surface area contributed by atoms with Gasteiger partial charge in [0.15, 0.2) is 0 Å².